The van der Waals surface area contributed by atoms with Crippen molar-refractivity contribution >= 4 is 16.9 Å². The van der Waals surface area contributed by atoms with Crippen molar-refractivity contribution < 1.29 is 14.6 Å². The highest BCUT2D eigenvalue weighted by molar-refractivity contribution is 5.95. The van der Waals surface area contributed by atoms with Crippen LogP contribution in [0.15, 0.2) is 78.9 Å². The molecule has 1 aliphatic rings. The molecule has 1 heterocycles. The highest BCUT2D eigenvalue weighted by Gasteiger charge is 2.22. The molecule has 0 aliphatic heterocycles. The Balaban J connectivity index is 1.48. The fourth-order valence-electron chi connectivity index (χ4n) is 4.61. The first kappa shape index (κ1) is 19.4. The van der Waals surface area contributed by atoms with Crippen LogP contribution in [0.4, 0.5) is 0 Å². The van der Waals surface area contributed by atoms with E-state index in [9.17, 15) is 9.90 Å². The van der Waals surface area contributed by atoms with Gasteiger partial charge in [-0.1, -0.05) is 43.2 Å². The van der Waals surface area contributed by atoms with Crippen molar-refractivity contribution in [1.29, 1.82) is 0 Å². The third-order valence-corrected chi connectivity index (χ3v) is 6.17. The van der Waals surface area contributed by atoms with Gasteiger partial charge >= 0.3 is 5.97 Å². The number of fused-ring (bicyclic) bond motifs is 1. The number of carboxylic acid groups (broad SMARTS) is 1. The summed E-state index contributed by atoms with van der Waals surface area (Å²) >= 11 is 0. The number of aromatic nitrogens is 1. The van der Waals surface area contributed by atoms with Crippen LogP contribution in [0.3, 0.4) is 0 Å². The normalized spacial score (nSPS) is 14.2. The minimum atomic E-state index is -0.892. The number of ether oxygens (including phenoxy) is 1. The molecular weight excluding hydrogens is 386 g/mol. The summed E-state index contributed by atoms with van der Waals surface area (Å²) in [7, 11) is 0. The maximum absolute atomic E-state index is 11.4. The van der Waals surface area contributed by atoms with Gasteiger partial charge in [0.2, 0.25) is 0 Å². The molecule has 4 heteroatoms. The molecule has 0 saturated heterocycles. The molecule has 0 radical (unpaired) electrons. The number of aromatic carboxylic acids is 1. The van der Waals surface area contributed by atoms with Crippen LogP contribution in [0.2, 0.25) is 0 Å². The maximum atomic E-state index is 11.4. The summed E-state index contributed by atoms with van der Waals surface area (Å²) in [6.45, 7) is 0.542. The van der Waals surface area contributed by atoms with Gasteiger partial charge in [0.05, 0.1) is 5.56 Å². The van der Waals surface area contributed by atoms with Gasteiger partial charge in [0, 0.05) is 22.6 Å². The monoisotopic (exact) mass is 411 g/mol. The predicted molar refractivity (Wildman–Crippen MR) is 123 cm³/mol. The van der Waals surface area contributed by atoms with Crippen LogP contribution >= 0.6 is 0 Å². The number of hydrogen-bond acceptors (Lipinski definition) is 2. The fourth-order valence-corrected chi connectivity index (χ4v) is 4.61. The average Bonchev–Trinajstić information content (AvgIpc) is 3.46. The summed E-state index contributed by atoms with van der Waals surface area (Å²) in [5.74, 6) is -0.0544. The van der Waals surface area contributed by atoms with E-state index in [0.717, 1.165) is 46.3 Å². The summed E-state index contributed by atoms with van der Waals surface area (Å²) < 4.78 is 8.35. The first-order valence-corrected chi connectivity index (χ1v) is 10.8. The van der Waals surface area contributed by atoms with Crippen molar-refractivity contribution in [2.75, 3.05) is 0 Å². The highest BCUT2D eigenvalue weighted by atomic mass is 16.5. The van der Waals surface area contributed by atoms with Crippen molar-refractivity contribution in [1.82, 2.24) is 4.57 Å². The van der Waals surface area contributed by atoms with Crippen LogP contribution in [0, 0.1) is 0 Å². The highest BCUT2D eigenvalue weighted by Crippen LogP contribution is 2.39. The van der Waals surface area contributed by atoms with Crippen LogP contribution in [0.5, 0.6) is 5.75 Å². The number of nitrogens with zero attached hydrogens (tertiary/aromatic N) is 1. The molecule has 0 bridgehead atoms. The lowest BCUT2D eigenvalue weighted by atomic mass is 10.1. The molecule has 4 nitrogen and oxygen atoms in total. The Kier molecular flexibility index (Phi) is 5.21. The molecule has 1 aliphatic carbocycles. The molecule has 3 aromatic carbocycles. The number of carbonyl (C=O) groups is 1. The Bertz CT molecular complexity index is 1200. The molecule has 1 aromatic heterocycles. The van der Waals surface area contributed by atoms with Crippen molar-refractivity contribution in [3.05, 3.63) is 90.0 Å². The fraction of sp³-hybridized carbons (Fsp3) is 0.222. The number of benzene rings is 3. The van der Waals surface area contributed by atoms with E-state index >= 15 is 0 Å². The predicted octanol–water partition coefficient (Wildman–Crippen LogP) is 6.70. The van der Waals surface area contributed by atoms with E-state index in [-0.39, 0.29) is 0 Å². The quantitative estimate of drug-likeness (QED) is 0.384. The lowest BCUT2D eigenvalue weighted by Crippen LogP contribution is -2.06. The zero-order valence-corrected chi connectivity index (χ0v) is 17.3. The van der Waals surface area contributed by atoms with Crippen molar-refractivity contribution in [2.24, 2.45) is 0 Å². The number of hydrogen-bond donors (Lipinski definition) is 1. The Labute approximate surface area is 181 Å². The van der Waals surface area contributed by atoms with Crippen LogP contribution in [0.1, 0.15) is 47.6 Å². The largest absolute Gasteiger partial charge is 0.489 e. The van der Waals surface area contributed by atoms with E-state index in [4.69, 9.17) is 4.74 Å². The molecule has 1 fully saturated rings. The Morgan fingerprint density at radius 3 is 2.39 bits per heavy atom. The van der Waals surface area contributed by atoms with Crippen molar-refractivity contribution in [3.8, 4) is 17.0 Å². The maximum Gasteiger partial charge on any atom is 0.335 e. The second-order valence-electron chi connectivity index (χ2n) is 8.22. The molecule has 1 N–H and O–H groups in total. The second-order valence-corrected chi connectivity index (χ2v) is 8.22. The third-order valence-electron chi connectivity index (χ3n) is 6.17. The summed E-state index contributed by atoms with van der Waals surface area (Å²) in [6.07, 6.45) is 4.80. The van der Waals surface area contributed by atoms with Crippen molar-refractivity contribution in [2.45, 2.75) is 38.3 Å². The van der Waals surface area contributed by atoms with E-state index in [0.29, 0.717) is 18.2 Å². The van der Waals surface area contributed by atoms with Gasteiger partial charge in [0.25, 0.3) is 0 Å². The van der Waals surface area contributed by atoms with Gasteiger partial charge in [-0.3, -0.25) is 0 Å². The summed E-state index contributed by atoms with van der Waals surface area (Å²) in [6, 6.07) is 26.4. The minimum absolute atomic E-state index is 0.326. The lowest BCUT2D eigenvalue weighted by molar-refractivity contribution is 0.0697. The zero-order valence-electron chi connectivity index (χ0n) is 17.3. The summed E-state index contributed by atoms with van der Waals surface area (Å²) in [4.78, 5) is 11.4. The molecule has 0 unspecified atom stereocenters. The van der Waals surface area contributed by atoms with Gasteiger partial charge in [0.1, 0.15) is 12.4 Å². The van der Waals surface area contributed by atoms with Crippen LogP contribution < -0.4 is 4.74 Å². The summed E-state index contributed by atoms with van der Waals surface area (Å²) in [5.41, 5.74) is 4.83. The van der Waals surface area contributed by atoms with Gasteiger partial charge in [0.15, 0.2) is 0 Å². The Morgan fingerprint density at radius 1 is 0.935 bits per heavy atom. The number of rotatable bonds is 6. The van der Waals surface area contributed by atoms with Gasteiger partial charge in [-0.2, -0.15) is 0 Å². The molecule has 156 valence electrons. The van der Waals surface area contributed by atoms with E-state index in [2.05, 4.69) is 34.9 Å². The molecule has 0 spiro atoms. The standard InChI is InChI=1S/C27H25NO3/c29-27(30)21-12-15-25-22(16-21)17-26(28(25)23-8-4-5-9-23)20-10-13-24(14-11-20)31-18-19-6-2-1-3-7-19/h1-3,6-7,10-17,23H,4-5,8-9,18H2,(H,29,30). The Hall–Kier alpha value is -3.53. The van der Waals surface area contributed by atoms with Crippen LogP contribution in [0.25, 0.3) is 22.2 Å². The van der Waals surface area contributed by atoms with Gasteiger partial charge in [-0.25, -0.2) is 4.79 Å². The lowest BCUT2D eigenvalue weighted by Gasteiger charge is -2.18. The zero-order chi connectivity index (χ0) is 21.2. The van der Waals surface area contributed by atoms with E-state index in [1.807, 2.05) is 36.4 Å². The number of carboxylic acids is 1. The van der Waals surface area contributed by atoms with Gasteiger partial charge in [-0.15, -0.1) is 0 Å². The van der Waals surface area contributed by atoms with E-state index < -0.39 is 5.97 Å². The molecule has 0 atom stereocenters. The minimum Gasteiger partial charge on any atom is -0.489 e. The first-order valence-electron chi connectivity index (χ1n) is 10.8. The first-order chi connectivity index (χ1) is 15.2. The summed E-state index contributed by atoms with van der Waals surface area (Å²) in [5, 5.41) is 10.4. The topological polar surface area (TPSA) is 51.5 Å². The molecule has 31 heavy (non-hydrogen) atoms. The average molecular weight is 412 g/mol. The molecule has 1 saturated carbocycles. The van der Waals surface area contributed by atoms with E-state index in [1.54, 1.807) is 12.1 Å². The third kappa shape index (κ3) is 3.93. The van der Waals surface area contributed by atoms with Crippen molar-refractivity contribution in [3.63, 3.8) is 0 Å². The van der Waals surface area contributed by atoms with Crippen LogP contribution in [-0.2, 0) is 6.61 Å². The molecular formula is C27H25NO3. The molecule has 4 aromatic rings. The Morgan fingerprint density at radius 2 is 1.68 bits per heavy atom. The van der Waals surface area contributed by atoms with E-state index in [1.165, 1.54) is 12.8 Å². The second kappa shape index (κ2) is 8.31. The van der Waals surface area contributed by atoms with Gasteiger partial charge < -0.3 is 14.4 Å². The smallest absolute Gasteiger partial charge is 0.335 e. The SMILES string of the molecule is O=C(O)c1ccc2c(c1)cc(-c1ccc(OCc3ccccc3)cc1)n2C1CCCC1. The molecule has 0 amide bonds. The van der Waals surface area contributed by atoms with Gasteiger partial charge in [-0.05, 0) is 72.5 Å². The van der Waals surface area contributed by atoms with Crippen LogP contribution in [-0.4, -0.2) is 15.6 Å². The molecule has 5 rings (SSSR count).